The molecule has 4 rings (SSSR count). The number of piperazine rings is 1. The summed E-state index contributed by atoms with van der Waals surface area (Å²) < 4.78 is 16.1. The van der Waals surface area contributed by atoms with Crippen LogP contribution in [0.4, 0.5) is 5.82 Å². The highest BCUT2D eigenvalue weighted by Gasteiger charge is 2.22. The van der Waals surface area contributed by atoms with Gasteiger partial charge in [-0.15, -0.1) is 0 Å². The normalized spacial score (nSPS) is 14.3. The predicted octanol–water partition coefficient (Wildman–Crippen LogP) is 1.53. The molecule has 1 fully saturated rings. The molecule has 0 radical (unpaired) electrons. The molecule has 146 valence electrons. The number of benzene rings is 1. The summed E-state index contributed by atoms with van der Waals surface area (Å²) >= 11 is 0. The number of rotatable bonds is 4. The largest absolute Gasteiger partial charge is 0.493 e. The second-order valence-electron chi connectivity index (χ2n) is 6.40. The molecule has 1 saturated heterocycles. The fraction of sp³-hybridized carbons (Fsp3) is 0.316. The van der Waals surface area contributed by atoms with Crippen molar-refractivity contribution in [3.05, 3.63) is 30.2 Å². The van der Waals surface area contributed by atoms with E-state index in [1.807, 2.05) is 0 Å². The standard InChI is InChI=1S/C19H21N5O4/c1-26-14-8-12-13(9-15(14)27-2)22-18(23-17(12)20)11-7-16(28-10-11)19(25)24-5-3-21-4-6-24/h7-10,21H,3-6H2,1-2H3,(H2,20,22,23). The van der Waals surface area contributed by atoms with Gasteiger partial charge in [0.15, 0.2) is 23.1 Å². The van der Waals surface area contributed by atoms with Gasteiger partial charge in [-0.25, -0.2) is 9.97 Å². The van der Waals surface area contributed by atoms with Gasteiger partial charge in [0.1, 0.15) is 12.1 Å². The lowest BCUT2D eigenvalue weighted by Crippen LogP contribution is -2.46. The van der Waals surface area contributed by atoms with E-state index in [9.17, 15) is 4.79 Å². The monoisotopic (exact) mass is 383 g/mol. The quantitative estimate of drug-likeness (QED) is 0.697. The van der Waals surface area contributed by atoms with Gasteiger partial charge in [0, 0.05) is 43.7 Å². The number of hydrogen-bond donors (Lipinski definition) is 2. The maximum Gasteiger partial charge on any atom is 0.289 e. The Bertz CT molecular complexity index is 1030. The van der Waals surface area contributed by atoms with Gasteiger partial charge in [-0.05, 0) is 6.07 Å². The molecule has 0 aliphatic carbocycles. The first-order chi connectivity index (χ1) is 13.6. The minimum absolute atomic E-state index is 0.145. The molecule has 1 aliphatic rings. The van der Waals surface area contributed by atoms with Crippen molar-refractivity contribution in [1.82, 2.24) is 20.2 Å². The van der Waals surface area contributed by atoms with Crippen LogP contribution in [-0.2, 0) is 0 Å². The van der Waals surface area contributed by atoms with E-state index in [-0.39, 0.29) is 11.7 Å². The van der Waals surface area contributed by atoms with Crippen LogP contribution in [0.15, 0.2) is 28.9 Å². The first-order valence-electron chi connectivity index (χ1n) is 8.89. The van der Waals surface area contributed by atoms with Gasteiger partial charge >= 0.3 is 0 Å². The van der Waals surface area contributed by atoms with E-state index in [0.29, 0.717) is 52.7 Å². The van der Waals surface area contributed by atoms with Gasteiger partial charge < -0.3 is 29.8 Å². The number of nitrogen functional groups attached to an aromatic ring is 1. The Balaban J connectivity index is 1.69. The lowest BCUT2D eigenvalue weighted by Gasteiger charge is -2.26. The molecule has 0 saturated carbocycles. The Morgan fingerprint density at radius 1 is 1.14 bits per heavy atom. The van der Waals surface area contributed by atoms with Gasteiger partial charge in [-0.3, -0.25) is 4.79 Å². The summed E-state index contributed by atoms with van der Waals surface area (Å²) in [6.45, 7) is 2.84. The number of furan rings is 1. The fourth-order valence-corrected chi connectivity index (χ4v) is 3.20. The molecule has 9 nitrogen and oxygen atoms in total. The minimum Gasteiger partial charge on any atom is -0.493 e. The van der Waals surface area contributed by atoms with Crippen molar-refractivity contribution >= 4 is 22.6 Å². The van der Waals surface area contributed by atoms with Crippen LogP contribution >= 0.6 is 0 Å². The minimum atomic E-state index is -0.145. The van der Waals surface area contributed by atoms with Crippen molar-refractivity contribution in [3.8, 4) is 22.9 Å². The van der Waals surface area contributed by atoms with Crippen LogP contribution in [0.2, 0.25) is 0 Å². The van der Waals surface area contributed by atoms with E-state index in [2.05, 4.69) is 15.3 Å². The molecule has 1 aliphatic heterocycles. The van der Waals surface area contributed by atoms with Gasteiger partial charge in [-0.2, -0.15) is 0 Å². The van der Waals surface area contributed by atoms with Crippen molar-refractivity contribution in [1.29, 1.82) is 0 Å². The molecule has 0 spiro atoms. The van der Waals surface area contributed by atoms with Crippen LogP contribution < -0.4 is 20.5 Å². The molecular weight excluding hydrogens is 362 g/mol. The van der Waals surface area contributed by atoms with E-state index in [0.717, 1.165) is 13.1 Å². The molecule has 3 heterocycles. The van der Waals surface area contributed by atoms with E-state index >= 15 is 0 Å². The van der Waals surface area contributed by atoms with Crippen LogP contribution in [0.25, 0.3) is 22.3 Å². The van der Waals surface area contributed by atoms with Gasteiger partial charge in [-0.1, -0.05) is 0 Å². The van der Waals surface area contributed by atoms with Crippen molar-refractivity contribution in [2.45, 2.75) is 0 Å². The molecule has 9 heteroatoms. The van der Waals surface area contributed by atoms with Crippen LogP contribution in [-0.4, -0.2) is 61.2 Å². The number of amides is 1. The Morgan fingerprint density at radius 2 is 1.86 bits per heavy atom. The third-order valence-corrected chi connectivity index (χ3v) is 4.70. The van der Waals surface area contributed by atoms with Crippen molar-refractivity contribution in [2.75, 3.05) is 46.1 Å². The number of methoxy groups -OCH3 is 2. The number of carbonyl (C=O) groups is 1. The highest BCUT2D eigenvalue weighted by molar-refractivity contribution is 5.94. The van der Waals surface area contributed by atoms with Crippen LogP contribution in [0.1, 0.15) is 10.6 Å². The molecule has 3 aromatic rings. The number of anilines is 1. The van der Waals surface area contributed by atoms with Gasteiger partial charge in [0.25, 0.3) is 5.91 Å². The first-order valence-corrected chi connectivity index (χ1v) is 8.89. The van der Waals surface area contributed by atoms with E-state index < -0.39 is 0 Å². The van der Waals surface area contributed by atoms with Crippen molar-refractivity contribution in [3.63, 3.8) is 0 Å². The third-order valence-electron chi connectivity index (χ3n) is 4.70. The predicted molar refractivity (Wildman–Crippen MR) is 104 cm³/mol. The number of ether oxygens (including phenoxy) is 2. The van der Waals surface area contributed by atoms with E-state index in [1.165, 1.54) is 6.26 Å². The zero-order valence-electron chi connectivity index (χ0n) is 15.7. The number of nitrogens with zero attached hydrogens (tertiary/aromatic N) is 3. The Kier molecular flexibility index (Phi) is 4.74. The van der Waals surface area contributed by atoms with E-state index in [4.69, 9.17) is 19.6 Å². The number of carbonyl (C=O) groups excluding carboxylic acids is 1. The first kappa shape index (κ1) is 18.1. The maximum atomic E-state index is 12.6. The molecular formula is C19H21N5O4. The zero-order chi connectivity index (χ0) is 19.7. The number of fused-ring (bicyclic) bond motifs is 1. The highest BCUT2D eigenvalue weighted by atomic mass is 16.5. The average Bonchev–Trinajstić information content (AvgIpc) is 3.23. The SMILES string of the molecule is COc1cc2nc(-c3coc(C(=O)N4CCNCC4)c3)nc(N)c2cc1OC. The summed E-state index contributed by atoms with van der Waals surface area (Å²) in [4.78, 5) is 23.3. The molecule has 2 aromatic heterocycles. The molecule has 3 N–H and O–H groups in total. The Morgan fingerprint density at radius 3 is 2.57 bits per heavy atom. The number of nitrogens with one attached hydrogen (secondary N) is 1. The topological polar surface area (TPSA) is 116 Å². The van der Waals surface area contributed by atoms with Gasteiger partial charge in [0.05, 0.1) is 25.3 Å². The number of aromatic nitrogens is 2. The molecule has 0 atom stereocenters. The van der Waals surface area contributed by atoms with Crippen LogP contribution in [0.3, 0.4) is 0 Å². The van der Waals surface area contributed by atoms with Crippen molar-refractivity contribution in [2.24, 2.45) is 0 Å². The summed E-state index contributed by atoms with van der Waals surface area (Å²) in [5, 5.41) is 3.87. The van der Waals surface area contributed by atoms with Gasteiger partial charge in [0.2, 0.25) is 0 Å². The molecule has 1 aromatic carbocycles. The van der Waals surface area contributed by atoms with Crippen LogP contribution in [0, 0.1) is 0 Å². The van der Waals surface area contributed by atoms with E-state index in [1.54, 1.807) is 37.3 Å². The lowest BCUT2D eigenvalue weighted by atomic mass is 10.2. The maximum absolute atomic E-state index is 12.6. The summed E-state index contributed by atoms with van der Waals surface area (Å²) in [6, 6.07) is 5.12. The van der Waals surface area contributed by atoms with Crippen LogP contribution in [0.5, 0.6) is 11.5 Å². The van der Waals surface area contributed by atoms with Crippen molar-refractivity contribution < 1.29 is 18.7 Å². The average molecular weight is 383 g/mol. The summed E-state index contributed by atoms with van der Waals surface area (Å²) in [7, 11) is 3.11. The summed E-state index contributed by atoms with van der Waals surface area (Å²) in [6.07, 6.45) is 1.47. The lowest BCUT2D eigenvalue weighted by molar-refractivity contribution is 0.0703. The molecule has 0 bridgehead atoms. The molecule has 0 unspecified atom stereocenters. The molecule has 1 amide bonds. The highest BCUT2D eigenvalue weighted by Crippen LogP contribution is 2.34. The number of hydrogen-bond acceptors (Lipinski definition) is 8. The second kappa shape index (κ2) is 7.35. The fourth-order valence-electron chi connectivity index (χ4n) is 3.20. The third kappa shape index (κ3) is 3.20. The summed E-state index contributed by atoms with van der Waals surface area (Å²) in [5.74, 6) is 1.88. The second-order valence-corrected chi connectivity index (χ2v) is 6.40. The molecule has 28 heavy (non-hydrogen) atoms. The summed E-state index contributed by atoms with van der Waals surface area (Å²) in [5.41, 5.74) is 7.33. The number of nitrogens with two attached hydrogens (primary N) is 1. The Hall–Kier alpha value is -3.33. The Labute approximate surface area is 161 Å². The smallest absolute Gasteiger partial charge is 0.289 e. The zero-order valence-corrected chi connectivity index (χ0v) is 15.7.